The molecule has 2 rings (SSSR count). The number of rotatable bonds is 3. The number of hydrogen-bond acceptors (Lipinski definition) is 3. The minimum absolute atomic E-state index is 0.115. The summed E-state index contributed by atoms with van der Waals surface area (Å²) in [4.78, 5) is 26.6. The Morgan fingerprint density at radius 1 is 1.24 bits per heavy atom. The first-order valence-corrected chi connectivity index (χ1v) is 6.23. The maximum absolute atomic E-state index is 13.7. The van der Waals surface area contributed by atoms with Crippen molar-refractivity contribution in [1.82, 2.24) is 4.98 Å². The first-order valence-electron chi connectivity index (χ1n) is 5.85. The number of nitrogens with zero attached hydrogens (tertiary/aromatic N) is 1. The van der Waals surface area contributed by atoms with Gasteiger partial charge in [-0.25, -0.2) is 14.2 Å². The van der Waals surface area contributed by atoms with Crippen LogP contribution >= 0.6 is 11.6 Å². The van der Waals surface area contributed by atoms with Gasteiger partial charge in [-0.1, -0.05) is 11.6 Å². The van der Waals surface area contributed by atoms with Gasteiger partial charge in [0.1, 0.15) is 11.0 Å². The van der Waals surface area contributed by atoms with Gasteiger partial charge in [-0.2, -0.15) is 0 Å². The van der Waals surface area contributed by atoms with Gasteiger partial charge in [-0.3, -0.25) is 4.79 Å². The molecule has 0 aliphatic heterocycles. The smallest absolute Gasteiger partial charge is 0.335 e. The van der Waals surface area contributed by atoms with Crippen molar-refractivity contribution in [3.8, 4) is 0 Å². The van der Waals surface area contributed by atoms with Crippen LogP contribution in [0.3, 0.4) is 0 Å². The number of carbonyl (C=O) groups excluding carboxylic acids is 1. The van der Waals surface area contributed by atoms with Gasteiger partial charge in [-0.05, 0) is 37.3 Å². The van der Waals surface area contributed by atoms with Crippen molar-refractivity contribution in [3.05, 3.63) is 58.1 Å². The van der Waals surface area contributed by atoms with E-state index in [2.05, 4.69) is 10.3 Å². The fourth-order valence-corrected chi connectivity index (χ4v) is 1.95. The summed E-state index contributed by atoms with van der Waals surface area (Å²) >= 11 is 5.75. The summed E-state index contributed by atoms with van der Waals surface area (Å²) in [5, 5.41) is 11.3. The van der Waals surface area contributed by atoms with Gasteiger partial charge >= 0.3 is 5.97 Å². The summed E-state index contributed by atoms with van der Waals surface area (Å²) in [7, 11) is 0. The Balaban J connectivity index is 2.25. The third-order valence-corrected chi connectivity index (χ3v) is 2.84. The number of aryl methyl sites for hydroxylation is 1. The van der Waals surface area contributed by atoms with Gasteiger partial charge in [0.15, 0.2) is 0 Å². The molecule has 0 aliphatic carbocycles. The van der Waals surface area contributed by atoms with Crippen molar-refractivity contribution in [2.45, 2.75) is 6.92 Å². The summed E-state index contributed by atoms with van der Waals surface area (Å²) < 4.78 is 13.7. The van der Waals surface area contributed by atoms with Crippen LogP contribution in [0, 0.1) is 12.7 Å². The van der Waals surface area contributed by atoms with E-state index < -0.39 is 17.7 Å². The number of amides is 1. The Morgan fingerprint density at radius 2 is 1.95 bits per heavy atom. The molecule has 0 aliphatic rings. The molecule has 1 aromatic heterocycles. The van der Waals surface area contributed by atoms with Crippen molar-refractivity contribution in [1.29, 1.82) is 0 Å². The number of carbonyl (C=O) groups is 2. The lowest BCUT2D eigenvalue weighted by molar-refractivity contribution is 0.0696. The molecule has 0 saturated carbocycles. The van der Waals surface area contributed by atoms with Crippen molar-refractivity contribution >= 4 is 29.2 Å². The van der Waals surface area contributed by atoms with Crippen LogP contribution in [0.5, 0.6) is 0 Å². The number of nitrogens with one attached hydrogen (secondary N) is 1. The molecular formula is C14H10ClFN2O3. The van der Waals surface area contributed by atoms with Crippen LogP contribution in [0.1, 0.15) is 26.4 Å². The summed E-state index contributed by atoms with van der Waals surface area (Å²) in [5.41, 5.74) is 0.465. The van der Waals surface area contributed by atoms with E-state index in [9.17, 15) is 14.0 Å². The van der Waals surface area contributed by atoms with Crippen LogP contribution in [0.25, 0.3) is 0 Å². The number of carboxylic acid groups (broad SMARTS) is 1. The summed E-state index contributed by atoms with van der Waals surface area (Å²) in [6.07, 6.45) is 0. The molecule has 0 atom stereocenters. The second-order valence-electron chi connectivity index (χ2n) is 4.27. The Bertz CT molecular complexity index is 714. The molecule has 0 fully saturated rings. The standard InChI is InChI=1S/C14H10ClFN2O3/c1-7-4-9(6-12(15)17-7)13(19)18-11-3-2-8(14(20)21)5-10(11)16/h2-6H,1H3,(H,18,19)(H,20,21). The van der Waals surface area contributed by atoms with Gasteiger partial charge in [0, 0.05) is 11.3 Å². The summed E-state index contributed by atoms with van der Waals surface area (Å²) in [6.45, 7) is 1.67. The first kappa shape index (κ1) is 14.9. The van der Waals surface area contributed by atoms with E-state index >= 15 is 0 Å². The molecule has 0 saturated heterocycles. The molecule has 2 N–H and O–H groups in total. The first-order chi connectivity index (χ1) is 9.86. The topological polar surface area (TPSA) is 79.3 Å². The maximum atomic E-state index is 13.7. The molecule has 7 heteroatoms. The molecule has 0 radical (unpaired) electrons. The number of benzene rings is 1. The van der Waals surface area contributed by atoms with Gasteiger partial charge in [0.25, 0.3) is 5.91 Å². The SMILES string of the molecule is Cc1cc(C(=O)Nc2ccc(C(=O)O)cc2F)cc(Cl)n1. The molecule has 1 aromatic carbocycles. The van der Waals surface area contributed by atoms with Crippen LogP contribution in [0.4, 0.5) is 10.1 Å². The van der Waals surface area contributed by atoms with E-state index in [0.717, 1.165) is 6.07 Å². The summed E-state index contributed by atoms with van der Waals surface area (Å²) in [5.74, 6) is -2.65. The van der Waals surface area contributed by atoms with Crippen molar-refractivity contribution in [2.75, 3.05) is 5.32 Å². The van der Waals surface area contributed by atoms with E-state index in [1.165, 1.54) is 24.3 Å². The molecule has 1 amide bonds. The van der Waals surface area contributed by atoms with E-state index in [4.69, 9.17) is 16.7 Å². The van der Waals surface area contributed by atoms with Gasteiger partial charge < -0.3 is 10.4 Å². The number of aromatic carboxylic acids is 1. The highest BCUT2D eigenvalue weighted by Gasteiger charge is 2.13. The number of aromatic nitrogens is 1. The van der Waals surface area contributed by atoms with Crippen molar-refractivity contribution in [2.24, 2.45) is 0 Å². The monoisotopic (exact) mass is 308 g/mol. The van der Waals surface area contributed by atoms with Crippen LogP contribution < -0.4 is 5.32 Å². The second kappa shape index (κ2) is 5.88. The highest BCUT2D eigenvalue weighted by atomic mass is 35.5. The average Bonchev–Trinajstić information content (AvgIpc) is 2.39. The lowest BCUT2D eigenvalue weighted by Gasteiger charge is -2.08. The van der Waals surface area contributed by atoms with Gasteiger partial charge in [0.05, 0.1) is 11.3 Å². The Hall–Kier alpha value is -2.47. The average molecular weight is 309 g/mol. The zero-order chi connectivity index (χ0) is 15.6. The quantitative estimate of drug-likeness (QED) is 0.854. The van der Waals surface area contributed by atoms with E-state index in [1.807, 2.05) is 0 Å². The molecule has 0 unspecified atom stereocenters. The minimum atomic E-state index is -1.25. The predicted molar refractivity (Wildman–Crippen MR) is 75.3 cm³/mol. The van der Waals surface area contributed by atoms with Crippen LogP contribution in [-0.2, 0) is 0 Å². The third kappa shape index (κ3) is 3.55. The maximum Gasteiger partial charge on any atom is 0.335 e. The third-order valence-electron chi connectivity index (χ3n) is 2.65. The molecule has 108 valence electrons. The Labute approximate surface area is 124 Å². The highest BCUT2D eigenvalue weighted by molar-refractivity contribution is 6.29. The molecular weight excluding hydrogens is 299 g/mol. The van der Waals surface area contributed by atoms with Crippen molar-refractivity contribution < 1.29 is 19.1 Å². The fraction of sp³-hybridized carbons (Fsp3) is 0.0714. The second-order valence-corrected chi connectivity index (χ2v) is 4.66. The molecule has 1 heterocycles. The van der Waals surface area contributed by atoms with Gasteiger partial charge in [0.2, 0.25) is 0 Å². The lowest BCUT2D eigenvalue weighted by Crippen LogP contribution is -2.14. The van der Waals surface area contributed by atoms with E-state index in [-0.39, 0.29) is 22.0 Å². The number of halogens is 2. The largest absolute Gasteiger partial charge is 0.478 e. The van der Waals surface area contributed by atoms with Crippen LogP contribution in [-0.4, -0.2) is 22.0 Å². The number of anilines is 1. The zero-order valence-electron chi connectivity index (χ0n) is 10.9. The molecule has 5 nitrogen and oxygen atoms in total. The Morgan fingerprint density at radius 3 is 2.52 bits per heavy atom. The lowest BCUT2D eigenvalue weighted by atomic mass is 10.1. The van der Waals surface area contributed by atoms with Gasteiger partial charge in [-0.15, -0.1) is 0 Å². The van der Waals surface area contributed by atoms with E-state index in [0.29, 0.717) is 5.69 Å². The highest BCUT2D eigenvalue weighted by Crippen LogP contribution is 2.18. The predicted octanol–water partition coefficient (Wildman–Crippen LogP) is 3.13. The molecule has 2 aromatic rings. The normalized spacial score (nSPS) is 10.2. The number of pyridine rings is 1. The van der Waals surface area contributed by atoms with Crippen LogP contribution in [0.2, 0.25) is 5.15 Å². The number of hydrogen-bond donors (Lipinski definition) is 2. The molecule has 0 bridgehead atoms. The Kier molecular flexibility index (Phi) is 4.18. The molecule has 0 spiro atoms. The van der Waals surface area contributed by atoms with Crippen molar-refractivity contribution in [3.63, 3.8) is 0 Å². The van der Waals surface area contributed by atoms with E-state index in [1.54, 1.807) is 6.92 Å². The fourth-order valence-electron chi connectivity index (χ4n) is 1.70. The zero-order valence-corrected chi connectivity index (χ0v) is 11.6. The van der Waals surface area contributed by atoms with Crippen LogP contribution in [0.15, 0.2) is 30.3 Å². The minimum Gasteiger partial charge on any atom is -0.478 e. The molecule has 21 heavy (non-hydrogen) atoms. The summed E-state index contributed by atoms with van der Waals surface area (Å²) in [6, 6.07) is 6.08. The number of carboxylic acids is 1.